The zero-order valence-corrected chi connectivity index (χ0v) is 7.38. The Morgan fingerprint density at radius 2 is 2.33 bits per heavy atom. The lowest BCUT2D eigenvalue weighted by atomic mass is 9.88. The second kappa shape index (κ2) is 4.43. The molecule has 1 aliphatic carbocycles. The number of halogens is 1. The smallest absolute Gasteiger partial charge is 0.309 e. The van der Waals surface area contributed by atoms with Gasteiger partial charge in [-0.3, -0.25) is 4.79 Å². The molecular weight excluding hydrogens is 159 g/mol. The van der Waals surface area contributed by atoms with Gasteiger partial charge in [0.05, 0.1) is 12.5 Å². The molecular formula is C9H15FO2. The van der Waals surface area contributed by atoms with Gasteiger partial charge < -0.3 is 4.74 Å². The summed E-state index contributed by atoms with van der Waals surface area (Å²) < 4.78 is 17.7. The summed E-state index contributed by atoms with van der Waals surface area (Å²) in [5, 5.41) is 0. The van der Waals surface area contributed by atoms with Crippen LogP contribution < -0.4 is 0 Å². The lowest BCUT2D eigenvalue weighted by Gasteiger charge is -2.22. The lowest BCUT2D eigenvalue weighted by molar-refractivity contribution is -0.149. The number of ether oxygens (including phenoxy) is 1. The molecule has 0 amide bonds. The zero-order valence-electron chi connectivity index (χ0n) is 7.38. The average Bonchev–Trinajstić information content (AvgIpc) is 2.05. The minimum absolute atomic E-state index is 0.186. The van der Waals surface area contributed by atoms with Crippen LogP contribution in [0.5, 0.6) is 0 Å². The number of rotatable bonds is 2. The molecule has 0 heterocycles. The highest BCUT2D eigenvalue weighted by Crippen LogP contribution is 2.27. The number of esters is 1. The quantitative estimate of drug-likeness (QED) is 0.599. The molecule has 0 aliphatic heterocycles. The van der Waals surface area contributed by atoms with Crippen LogP contribution in [0.2, 0.25) is 0 Å². The molecule has 1 rings (SSSR count). The summed E-state index contributed by atoms with van der Waals surface area (Å²) in [6.45, 7) is 2.17. The summed E-state index contributed by atoms with van der Waals surface area (Å²) in [6.07, 6.45) is 1.77. The van der Waals surface area contributed by atoms with Crippen molar-refractivity contribution in [2.75, 3.05) is 6.61 Å². The second-order valence-corrected chi connectivity index (χ2v) is 3.21. The molecule has 0 N–H and O–H groups in total. The molecule has 0 bridgehead atoms. The Morgan fingerprint density at radius 3 is 2.92 bits per heavy atom. The van der Waals surface area contributed by atoms with Crippen LogP contribution in [0.4, 0.5) is 4.39 Å². The van der Waals surface area contributed by atoms with Crippen molar-refractivity contribution < 1.29 is 13.9 Å². The third kappa shape index (κ3) is 2.47. The van der Waals surface area contributed by atoms with Crippen molar-refractivity contribution in [1.29, 1.82) is 0 Å². The van der Waals surface area contributed by atoms with Gasteiger partial charge in [-0.05, 0) is 32.6 Å². The van der Waals surface area contributed by atoms with Gasteiger partial charge in [-0.1, -0.05) is 0 Å². The largest absolute Gasteiger partial charge is 0.466 e. The van der Waals surface area contributed by atoms with E-state index in [9.17, 15) is 9.18 Å². The first-order chi connectivity index (χ1) is 5.74. The molecule has 0 aromatic rings. The molecule has 2 nitrogen and oxygen atoms in total. The highest BCUT2D eigenvalue weighted by Gasteiger charge is 2.27. The maximum Gasteiger partial charge on any atom is 0.309 e. The van der Waals surface area contributed by atoms with Crippen LogP contribution in [-0.4, -0.2) is 18.7 Å². The van der Waals surface area contributed by atoms with Gasteiger partial charge in [0.1, 0.15) is 6.17 Å². The van der Waals surface area contributed by atoms with Crippen LogP contribution in [0.25, 0.3) is 0 Å². The van der Waals surface area contributed by atoms with E-state index in [2.05, 4.69) is 0 Å². The fraction of sp³-hybridized carbons (Fsp3) is 0.889. The van der Waals surface area contributed by atoms with Crippen LogP contribution in [-0.2, 0) is 9.53 Å². The van der Waals surface area contributed by atoms with Gasteiger partial charge in [0, 0.05) is 0 Å². The Balaban J connectivity index is 2.35. The van der Waals surface area contributed by atoms with Crippen molar-refractivity contribution in [2.45, 2.75) is 38.8 Å². The Kier molecular flexibility index (Phi) is 3.50. The normalized spacial score (nSPS) is 29.8. The number of alkyl halides is 1. The van der Waals surface area contributed by atoms with E-state index in [0.29, 0.717) is 19.4 Å². The molecule has 1 saturated carbocycles. The molecule has 1 fully saturated rings. The van der Waals surface area contributed by atoms with E-state index >= 15 is 0 Å². The van der Waals surface area contributed by atoms with E-state index in [0.717, 1.165) is 12.8 Å². The molecule has 1 aliphatic rings. The summed E-state index contributed by atoms with van der Waals surface area (Å²) in [7, 11) is 0. The van der Waals surface area contributed by atoms with Crippen LogP contribution in [0, 0.1) is 5.92 Å². The van der Waals surface area contributed by atoms with E-state index in [-0.39, 0.29) is 11.9 Å². The summed E-state index contributed by atoms with van der Waals surface area (Å²) >= 11 is 0. The summed E-state index contributed by atoms with van der Waals surface area (Å²) in [4.78, 5) is 11.2. The third-order valence-electron chi connectivity index (χ3n) is 2.23. The van der Waals surface area contributed by atoms with Gasteiger partial charge in [0.25, 0.3) is 0 Å². The molecule has 3 heteroatoms. The van der Waals surface area contributed by atoms with E-state index in [4.69, 9.17) is 4.74 Å². The second-order valence-electron chi connectivity index (χ2n) is 3.21. The minimum atomic E-state index is -0.798. The highest BCUT2D eigenvalue weighted by molar-refractivity contribution is 5.72. The van der Waals surface area contributed by atoms with E-state index < -0.39 is 6.17 Å². The molecule has 2 unspecified atom stereocenters. The number of carbonyl (C=O) groups is 1. The van der Waals surface area contributed by atoms with Crippen molar-refractivity contribution in [2.24, 2.45) is 5.92 Å². The lowest BCUT2D eigenvalue weighted by Crippen LogP contribution is -2.25. The minimum Gasteiger partial charge on any atom is -0.466 e. The summed E-state index contributed by atoms with van der Waals surface area (Å²) in [6, 6.07) is 0. The molecule has 2 atom stereocenters. The zero-order chi connectivity index (χ0) is 8.97. The van der Waals surface area contributed by atoms with Gasteiger partial charge in [-0.25, -0.2) is 4.39 Å². The Bertz CT molecular complexity index is 159. The van der Waals surface area contributed by atoms with Gasteiger partial charge >= 0.3 is 5.97 Å². The van der Waals surface area contributed by atoms with Crippen molar-refractivity contribution in [3.63, 3.8) is 0 Å². The van der Waals surface area contributed by atoms with Gasteiger partial charge in [-0.15, -0.1) is 0 Å². The molecule has 0 saturated heterocycles. The third-order valence-corrected chi connectivity index (χ3v) is 2.23. The first kappa shape index (κ1) is 9.49. The van der Waals surface area contributed by atoms with Gasteiger partial charge in [0.15, 0.2) is 0 Å². The maximum absolute atomic E-state index is 12.8. The number of hydrogen-bond donors (Lipinski definition) is 0. The molecule has 0 aromatic carbocycles. The topological polar surface area (TPSA) is 26.3 Å². The first-order valence-corrected chi connectivity index (χ1v) is 4.54. The van der Waals surface area contributed by atoms with Crippen LogP contribution in [0.3, 0.4) is 0 Å². The Labute approximate surface area is 72.1 Å². The number of hydrogen-bond acceptors (Lipinski definition) is 2. The molecule has 0 aromatic heterocycles. The Morgan fingerprint density at radius 1 is 1.58 bits per heavy atom. The predicted molar refractivity (Wildman–Crippen MR) is 43.5 cm³/mol. The van der Waals surface area contributed by atoms with Gasteiger partial charge in [-0.2, -0.15) is 0 Å². The number of carbonyl (C=O) groups excluding carboxylic acids is 1. The SMILES string of the molecule is CCOC(=O)C1CCCC(F)C1. The predicted octanol–water partition coefficient (Wildman–Crippen LogP) is 2.08. The molecule has 0 radical (unpaired) electrons. The molecule has 12 heavy (non-hydrogen) atoms. The fourth-order valence-electron chi connectivity index (χ4n) is 1.60. The average molecular weight is 174 g/mol. The van der Waals surface area contributed by atoms with Crippen molar-refractivity contribution in [3.8, 4) is 0 Å². The highest BCUT2D eigenvalue weighted by atomic mass is 19.1. The van der Waals surface area contributed by atoms with Crippen LogP contribution in [0.1, 0.15) is 32.6 Å². The van der Waals surface area contributed by atoms with Crippen molar-refractivity contribution in [1.82, 2.24) is 0 Å². The van der Waals surface area contributed by atoms with Crippen molar-refractivity contribution in [3.05, 3.63) is 0 Å². The summed E-state index contributed by atoms with van der Waals surface area (Å²) in [5.41, 5.74) is 0. The summed E-state index contributed by atoms with van der Waals surface area (Å²) in [5.74, 6) is -0.409. The van der Waals surface area contributed by atoms with Crippen LogP contribution >= 0.6 is 0 Å². The van der Waals surface area contributed by atoms with E-state index in [1.54, 1.807) is 6.92 Å². The molecule has 70 valence electrons. The molecule has 0 spiro atoms. The van der Waals surface area contributed by atoms with Gasteiger partial charge in [0.2, 0.25) is 0 Å². The Hall–Kier alpha value is -0.600. The monoisotopic (exact) mass is 174 g/mol. The fourth-order valence-corrected chi connectivity index (χ4v) is 1.60. The van der Waals surface area contributed by atoms with Crippen molar-refractivity contribution >= 4 is 5.97 Å². The maximum atomic E-state index is 12.8. The first-order valence-electron chi connectivity index (χ1n) is 4.54. The van der Waals surface area contributed by atoms with E-state index in [1.165, 1.54) is 0 Å². The standard InChI is InChI=1S/C9H15FO2/c1-2-12-9(11)7-4-3-5-8(10)6-7/h7-8H,2-6H2,1H3. The van der Waals surface area contributed by atoms with Crippen LogP contribution in [0.15, 0.2) is 0 Å². The van der Waals surface area contributed by atoms with E-state index in [1.807, 2.05) is 0 Å².